The molecule has 29 heavy (non-hydrogen) atoms. The van der Waals surface area contributed by atoms with Crippen LogP contribution in [0.1, 0.15) is 67.4 Å². The molecule has 2 heterocycles. The third kappa shape index (κ3) is 5.55. The molecule has 1 aromatic heterocycles. The van der Waals surface area contributed by atoms with Gasteiger partial charge in [0.15, 0.2) is 0 Å². The van der Waals surface area contributed by atoms with Gasteiger partial charge < -0.3 is 10.2 Å². The first-order chi connectivity index (χ1) is 14.3. The van der Waals surface area contributed by atoms with Crippen molar-refractivity contribution in [2.24, 2.45) is 5.92 Å². The summed E-state index contributed by atoms with van der Waals surface area (Å²) in [5.74, 6) is 1.34. The highest BCUT2D eigenvalue weighted by atomic mass is 16.1. The monoisotopic (exact) mass is 392 g/mol. The van der Waals surface area contributed by atoms with Crippen LogP contribution in [0, 0.1) is 5.92 Å². The van der Waals surface area contributed by atoms with Gasteiger partial charge in [-0.2, -0.15) is 0 Å². The van der Waals surface area contributed by atoms with Crippen molar-refractivity contribution in [1.29, 1.82) is 0 Å². The van der Waals surface area contributed by atoms with E-state index in [-0.39, 0.29) is 11.9 Å². The van der Waals surface area contributed by atoms with Gasteiger partial charge in [-0.05, 0) is 49.7 Å². The zero-order chi connectivity index (χ0) is 19.9. The molecule has 1 saturated heterocycles. The Hall–Kier alpha value is -2.43. The summed E-state index contributed by atoms with van der Waals surface area (Å²) < 4.78 is 0. The van der Waals surface area contributed by atoms with Crippen molar-refractivity contribution in [3.63, 3.8) is 0 Å². The first-order valence-corrected chi connectivity index (χ1v) is 11.2. The summed E-state index contributed by atoms with van der Waals surface area (Å²) in [4.78, 5) is 24.0. The molecule has 4 rings (SSSR count). The van der Waals surface area contributed by atoms with Gasteiger partial charge in [0.2, 0.25) is 5.95 Å². The van der Waals surface area contributed by atoms with E-state index in [4.69, 9.17) is 0 Å². The normalized spacial score (nSPS) is 19.0. The van der Waals surface area contributed by atoms with Gasteiger partial charge in [-0.1, -0.05) is 56.0 Å². The summed E-state index contributed by atoms with van der Waals surface area (Å²) in [6.45, 7) is 1.90. The highest BCUT2D eigenvalue weighted by Gasteiger charge is 2.23. The van der Waals surface area contributed by atoms with Crippen LogP contribution in [-0.4, -0.2) is 35.0 Å². The number of anilines is 1. The fourth-order valence-corrected chi connectivity index (χ4v) is 4.59. The summed E-state index contributed by atoms with van der Waals surface area (Å²) in [5, 5.41) is 3.19. The highest BCUT2D eigenvalue weighted by Crippen LogP contribution is 2.24. The molecule has 5 nitrogen and oxygen atoms in total. The summed E-state index contributed by atoms with van der Waals surface area (Å²) in [6, 6.07) is 12.8. The van der Waals surface area contributed by atoms with E-state index < -0.39 is 0 Å². The maximum atomic E-state index is 12.7. The number of rotatable bonds is 5. The second-order valence-electron chi connectivity index (χ2n) is 8.52. The average Bonchev–Trinajstić information content (AvgIpc) is 3.04. The molecule has 1 aliphatic heterocycles. The van der Waals surface area contributed by atoms with Crippen molar-refractivity contribution in [3.05, 3.63) is 53.9 Å². The highest BCUT2D eigenvalue weighted by molar-refractivity contribution is 5.92. The van der Waals surface area contributed by atoms with E-state index in [1.54, 1.807) is 12.3 Å². The number of benzene rings is 1. The van der Waals surface area contributed by atoms with Crippen LogP contribution in [0.4, 0.5) is 5.95 Å². The second-order valence-corrected chi connectivity index (χ2v) is 8.52. The molecule has 1 saturated carbocycles. The lowest BCUT2D eigenvalue weighted by Gasteiger charge is -2.32. The molecule has 1 aromatic carbocycles. The number of hydrogen-bond donors (Lipinski definition) is 1. The Morgan fingerprint density at radius 1 is 0.966 bits per heavy atom. The van der Waals surface area contributed by atoms with Crippen molar-refractivity contribution in [2.45, 2.75) is 63.8 Å². The molecule has 1 aliphatic carbocycles. The van der Waals surface area contributed by atoms with E-state index >= 15 is 0 Å². The van der Waals surface area contributed by atoms with Crippen LogP contribution in [0.2, 0.25) is 0 Å². The van der Waals surface area contributed by atoms with E-state index in [1.807, 2.05) is 0 Å². The van der Waals surface area contributed by atoms with Crippen LogP contribution in [0.15, 0.2) is 42.6 Å². The topological polar surface area (TPSA) is 58.1 Å². The molecule has 0 spiro atoms. The Labute approximate surface area is 173 Å². The Morgan fingerprint density at radius 3 is 2.41 bits per heavy atom. The van der Waals surface area contributed by atoms with Gasteiger partial charge in [0, 0.05) is 25.3 Å². The Balaban J connectivity index is 1.32. The molecule has 0 bridgehead atoms. The Bertz CT molecular complexity index is 778. The minimum Gasteiger partial charge on any atom is -0.348 e. The molecule has 2 aliphatic rings. The lowest BCUT2D eigenvalue weighted by Crippen LogP contribution is -2.37. The molecule has 0 unspecified atom stereocenters. The molecular weight excluding hydrogens is 360 g/mol. The second kappa shape index (κ2) is 9.86. The van der Waals surface area contributed by atoms with Crippen molar-refractivity contribution >= 4 is 11.9 Å². The maximum Gasteiger partial charge on any atom is 0.270 e. The Kier molecular flexibility index (Phi) is 6.75. The number of amides is 1. The smallest absolute Gasteiger partial charge is 0.270 e. The summed E-state index contributed by atoms with van der Waals surface area (Å²) >= 11 is 0. The Morgan fingerprint density at radius 2 is 1.69 bits per heavy atom. The number of aromatic nitrogens is 2. The van der Waals surface area contributed by atoms with Crippen molar-refractivity contribution in [2.75, 3.05) is 18.0 Å². The third-order valence-corrected chi connectivity index (χ3v) is 6.33. The van der Waals surface area contributed by atoms with E-state index in [2.05, 4.69) is 50.5 Å². The lowest BCUT2D eigenvalue weighted by atomic mass is 9.90. The molecule has 2 fully saturated rings. The predicted molar refractivity (Wildman–Crippen MR) is 116 cm³/mol. The molecule has 1 N–H and O–H groups in total. The first-order valence-electron chi connectivity index (χ1n) is 11.2. The van der Waals surface area contributed by atoms with Gasteiger partial charge in [0.1, 0.15) is 5.69 Å². The van der Waals surface area contributed by atoms with Crippen LogP contribution in [0.5, 0.6) is 0 Å². The zero-order valence-electron chi connectivity index (χ0n) is 17.2. The number of carbonyl (C=O) groups is 1. The molecule has 2 aromatic rings. The van der Waals surface area contributed by atoms with Gasteiger partial charge in [-0.25, -0.2) is 9.97 Å². The fraction of sp³-hybridized carbons (Fsp3) is 0.542. The molecule has 5 heteroatoms. The number of piperidine rings is 1. The molecule has 154 valence electrons. The quantitative estimate of drug-likeness (QED) is 0.767. The predicted octanol–water partition coefficient (Wildman–Crippen LogP) is 4.39. The van der Waals surface area contributed by atoms with Gasteiger partial charge in [-0.15, -0.1) is 0 Å². The minimum atomic E-state index is -0.0560. The van der Waals surface area contributed by atoms with Gasteiger partial charge in [-0.3, -0.25) is 4.79 Å². The standard InChI is InChI=1S/C24H32N4O/c29-23(26-21-10-6-1-2-7-11-21)22-12-15-25-24(27-22)28-16-13-20(14-17-28)18-19-8-4-3-5-9-19/h3-5,8-9,12,15,20-21H,1-2,6-7,10-11,13-14,16-18H2,(H,26,29). The van der Waals surface area contributed by atoms with E-state index in [0.717, 1.165) is 45.2 Å². The maximum absolute atomic E-state index is 12.7. The minimum absolute atomic E-state index is 0.0560. The van der Waals surface area contributed by atoms with E-state index in [1.165, 1.54) is 31.2 Å². The van der Waals surface area contributed by atoms with Crippen LogP contribution in [0.3, 0.4) is 0 Å². The van der Waals surface area contributed by atoms with Gasteiger partial charge in [0.05, 0.1) is 0 Å². The van der Waals surface area contributed by atoms with Crippen LogP contribution in [0.25, 0.3) is 0 Å². The molecule has 0 atom stereocenters. The van der Waals surface area contributed by atoms with Crippen molar-refractivity contribution < 1.29 is 4.79 Å². The summed E-state index contributed by atoms with van der Waals surface area (Å²) in [5.41, 5.74) is 1.91. The summed E-state index contributed by atoms with van der Waals surface area (Å²) in [7, 11) is 0. The van der Waals surface area contributed by atoms with Crippen LogP contribution >= 0.6 is 0 Å². The largest absolute Gasteiger partial charge is 0.348 e. The van der Waals surface area contributed by atoms with Crippen LogP contribution < -0.4 is 10.2 Å². The third-order valence-electron chi connectivity index (χ3n) is 6.33. The van der Waals surface area contributed by atoms with Crippen molar-refractivity contribution in [3.8, 4) is 0 Å². The number of nitrogens with zero attached hydrogens (tertiary/aromatic N) is 3. The fourth-order valence-electron chi connectivity index (χ4n) is 4.59. The number of hydrogen-bond acceptors (Lipinski definition) is 4. The van der Waals surface area contributed by atoms with Crippen molar-refractivity contribution in [1.82, 2.24) is 15.3 Å². The summed E-state index contributed by atoms with van der Waals surface area (Å²) in [6.07, 6.45) is 12.3. The molecule has 1 amide bonds. The lowest BCUT2D eigenvalue weighted by molar-refractivity contribution is 0.0928. The SMILES string of the molecule is O=C(NC1CCCCCC1)c1ccnc(N2CCC(Cc3ccccc3)CC2)n1. The molecule has 0 radical (unpaired) electrons. The molecular formula is C24H32N4O. The van der Waals surface area contributed by atoms with E-state index in [9.17, 15) is 4.79 Å². The zero-order valence-corrected chi connectivity index (χ0v) is 17.2. The number of nitrogens with one attached hydrogen (secondary N) is 1. The first kappa shape index (κ1) is 19.9. The number of carbonyl (C=O) groups excluding carboxylic acids is 1. The average molecular weight is 393 g/mol. The van der Waals surface area contributed by atoms with Gasteiger partial charge >= 0.3 is 0 Å². The van der Waals surface area contributed by atoms with E-state index in [0.29, 0.717) is 17.6 Å². The van der Waals surface area contributed by atoms with Crippen LogP contribution in [-0.2, 0) is 6.42 Å². The van der Waals surface area contributed by atoms with Gasteiger partial charge in [0.25, 0.3) is 5.91 Å².